The molecule has 0 bridgehead atoms. The first kappa shape index (κ1) is 27.5. The molecule has 0 aliphatic rings. The van der Waals surface area contributed by atoms with Gasteiger partial charge >= 0.3 is 6.09 Å². The first-order valence-corrected chi connectivity index (χ1v) is 13.5. The molecule has 0 radical (unpaired) electrons. The molecule has 1 aromatic heterocycles. The van der Waals surface area contributed by atoms with E-state index in [9.17, 15) is 9.59 Å². The van der Waals surface area contributed by atoms with E-state index < -0.39 is 23.6 Å². The van der Waals surface area contributed by atoms with Gasteiger partial charge in [-0.2, -0.15) is 0 Å². The lowest BCUT2D eigenvalue weighted by atomic mass is 10.1. The van der Waals surface area contributed by atoms with Crippen LogP contribution >= 0.6 is 54.8 Å². The Kier molecular flexibility index (Phi) is 9.26. The molecule has 1 heterocycles. The number of carbonyl (C=O) groups is 2. The van der Waals surface area contributed by atoms with E-state index in [1.165, 1.54) is 11.3 Å². The Bertz CT molecular complexity index is 1210. The molecular formula is C25H25Br2ClN2O4S. The van der Waals surface area contributed by atoms with E-state index >= 15 is 0 Å². The number of rotatable bonds is 7. The lowest BCUT2D eigenvalue weighted by Gasteiger charge is -2.23. The first-order valence-electron chi connectivity index (χ1n) is 10.7. The van der Waals surface area contributed by atoms with Gasteiger partial charge in [-0.05, 0) is 102 Å². The molecule has 6 nitrogen and oxygen atoms in total. The molecule has 3 aromatic rings. The van der Waals surface area contributed by atoms with E-state index in [-0.39, 0.29) is 6.42 Å². The van der Waals surface area contributed by atoms with Gasteiger partial charge < -0.3 is 20.1 Å². The minimum Gasteiger partial charge on any atom is -0.455 e. The molecule has 1 atom stereocenters. The fourth-order valence-electron chi connectivity index (χ4n) is 3.03. The van der Waals surface area contributed by atoms with Crippen LogP contribution < -0.4 is 15.4 Å². The van der Waals surface area contributed by atoms with Crippen LogP contribution in [0.25, 0.3) is 0 Å². The molecule has 0 aliphatic heterocycles. The average molecular weight is 645 g/mol. The maximum absolute atomic E-state index is 13.4. The maximum Gasteiger partial charge on any atom is 0.408 e. The predicted molar refractivity (Wildman–Crippen MR) is 148 cm³/mol. The molecule has 3 rings (SSSR count). The summed E-state index contributed by atoms with van der Waals surface area (Å²) in [6.45, 7) is 7.26. The predicted octanol–water partition coefficient (Wildman–Crippen LogP) is 8.10. The molecule has 2 amide bonds. The number of thiophene rings is 1. The first-order chi connectivity index (χ1) is 16.4. The molecule has 186 valence electrons. The highest BCUT2D eigenvalue weighted by Gasteiger charge is 2.27. The van der Waals surface area contributed by atoms with Crippen LogP contribution in [0.3, 0.4) is 0 Å². The summed E-state index contributed by atoms with van der Waals surface area (Å²) in [5.74, 6) is 0.590. The van der Waals surface area contributed by atoms with Gasteiger partial charge in [-0.15, -0.1) is 11.3 Å². The highest BCUT2D eigenvalue weighted by Crippen LogP contribution is 2.34. The summed E-state index contributed by atoms with van der Waals surface area (Å²) in [5, 5.41) is 5.97. The molecule has 0 fully saturated rings. The van der Waals surface area contributed by atoms with Gasteiger partial charge in [0.25, 0.3) is 0 Å². The minimum atomic E-state index is -0.922. The van der Waals surface area contributed by atoms with Crippen LogP contribution in [0.5, 0.6) is 11.5 Å². The lowest BCUT2D eigenvalue weighted by molar-refractivity contribution is -0.118. The highest BCUT2D eigenvalue weighted by molar-refractivity contribution is 9.12. The van der Waals surface area contributed by atoms with Crippen molar-refractivity contribution in [2.24, 2.45) is 0 Å². The summed E-state index contributed by atoms with van der Waals surface area (Å²) in [7, 11) is 0. The van der Waals surface area contributed by atoms with E-state index in [0.29, 0.717) is 22.2 Å². The molecule has 2 aromatic carbocycles. The number of alkyl carbamates (subject to hydrolysis) is 1. The van der Waals surface area contributed by atoms with Crippen LogP contribution in [0, 0.1) is 6.92 Å². The number of amides is 2. The van der Waals surface area contributed by atoms with Gasteiger partial charge in [-0.25, -0.2) is 4.79 Å². The Morgan fingerprint density at radius 3 is 2.37 bits per heavy atom. The number of anilines is 1. The van der Waals surface area contributed by atoms with Gasteiger partial charge in [0.1, 0.15) is 17.4 Å². The zero-order valence-electron chi connectivity index (χ0n) is 19.6. The van der Waals surface area contributed by atoms with Gasteiger partial charge in [-0.3, -0.25) is 4.79 Å². The topological polar surface area (TPSA) is 76.7 Å². The van der Waals surface area contributed by atoms with Crippen molar-refractivity contribution in [2.75, 3.05) is 5.32 Å². The number of halogens is 3. The summed E-state index contributed by atoms with van der Waals surface area (Å²) in [6.07, 6.45) is -0.451. The van der Waals surface area contributed by atoms with Gasteiger partial charge in [0.2, 0.25) is 5.91 Å². The Morgan fingerprint density at radius 1 is 1.09 bits per heavy atom. The Hall–Kier alpha value is -2.07. The molecule has 10 heteroatoms. The zero-order valence-corrected chi connectivity index (χ0v) is 24.3. The van der Waals surface area contributed by atoms with Crippen molar-refractivity contribution in [3.05, 3.63) is 72.3 Å². The molecule has 0 spiro atoms. The Balaban J connectivity index is 1.85. The second kappa shape index (κ2) is 11.8. The van der Waals surface area contributed by atoms with Crippen molar-refractivity contribution in [3.63, 3.8) is 0 Å². The third kappa shape index (κ3) is 8.52. The van der Waals surface area contributed by atoms with Crippen LogP contribution in [0.15, 0.2) is 56.1 Å². The van der Waals surface area contributed by atoms with E-state index in [1.54, 1.807) is 39.0 Å². The van der Waals surface area contributed by atoms with E-state index in [2.05, 4.69) is 42.5 Å². The quantitative estimate of drug-likeness (QED) is 0.273. The van der Waals surface area contributed by atoms with Crippen LogP contribution in [0.1, 0.15) is 31.9 Å². The Labute approximate surface area is 230 Å². The van der Waals surface area contributed by atoms with Crippen molar-refractivity contribution in [2.45, 2.75) is 45.8 Å². The Morgan fingerprint density at radius 2 is 1.77 bits per heavy atom. The molecule has 0 saturated heterocycles. The second-order valence-electron chi connectivity index (χ2n) is 8.80. The third-order valence-corrected chi connectivity index (χ3v) is 7.31. The van der Waals surface area contributed by atoms with Crippen LogP contribution in [-0.4, -0.2) is 23.6 Å². The van der Waals surface area contributed by atoms with Crippen LogP contribution in [0.4, 0.5) is 10.5 Å². The smallest absolute Gasteiger partial charge is 0.408 e. The van der Waals surface area contributed by atoms with Crippen LogP contribution in [0.2, 0.25) is 5.02 Å². The van der Waals surface area contributed by atoms with Gasteiger partial charge in [0, 0.05) is 11.4 Å². The minimum absolute atomic E-state index is 0.239. The van der Waals surface area contributed by atoms with Crippen molar-refractivity contribution < 1.29 is 19.1 Å². The third-order valence-electron chi connectivity index (χ3n) is 4.61. The second-order valence-corrected chi connectivity index (χ2v) is 13.0. The standard InChI is InChI=1S/C25H25Br2ClN2O4S/c1-14-5-8-17(9-6-14)33-20-10-7-16(28)13-18(20)29-23(31)19(30-24(32)34-25(2,3)4)11-15-12-21(26)35-22(15)27/h5-10,12-13,19H,11H2,1-4H3,(H,29,31)(H,30,32). The highest BCUT2D eigenvalue weighted by atomic mass is 79.9. The number of nitrogens with one attached hydrogen (secondary N) is 2. The number of hydrogen-bond donors (Lipinski definition) is 2. The summed E-state index contributed by atoms with van der Waals surface area (Å²) >= 11 is 14.7. The lowest BCUT2D eigenvalue weighted by Crippen LogP contribution is -2.47. The summed E-state index contributed by atoms with van der Waals surface area (Å²) in [6, 6.07) is 13.5. The number of ether oxygens (including phenoxy) is 2. The number of aryl methyl sites for hydroxylation is 1. The van der Waals surface area contributed by atoms with E-state index in [1.807, 2.05) is 37.3 Å². The molecule has 35 heavy (non-hydrogen) atoms. The molecule has 0 aliphatic carbocycles. The average Bonchev–Trinajstić information content (AvgIpc) is 3.06. The molecule has 1 unspecified atom stereocenters. The van der Waals surface area contributed by atoms with E-state index in [4.69, 9.17) is 21.1 Å². The largest absolute Gasteiger partial charge is 0.455 e. The van der Waals surface area contributed by atoms with Gasteiger partial charge in [0.05, 0.1) is 13.3 Å². The summed E-state index contributed by atoms with van der Waals surface area (Å²) < 4.78 is 13.1. The van der Waals surface area contributed by atoms with Crippen molar-refractivity contribution in [1.29, 1.82) is 0 Å². The fraction of sp³-hybridized carbons (Fsp3) is 0.280. The van der Waals surface area contributed by atoms with E-state index in [0.717, 1.165) is 18.7 Å². The SMILES string of the molecule is Cc1ccc(Oc2ccc(Cl)cc2NC(=O)C(Cc2cc(Br)sc2Br)NC(=O)OC(C)(C)C)cc1. The van der Waals surface area contributed by atoms with Crippen LogP contribution in [-0.2, 0) is 16.0 Å². The normalized spacial score (nSPS) is 12.1. The number of hydrogen-bond acceptors (Lipinski definition) is 5. The number of carbonyl (C=O) groups excluding carboxylic acids is 2. The van der Waals surface area contributed by atoms with Crippen molar-refractivity contribution in [1.82, 2.24) is 5.32 Å². The summed E-state index contributed by atoms with van der Waals surface area (Å²) in [4.78, 5) is 25.9. The monoisotopic (exact) mass is 642 g/mol. The number of benzene rings is 2. The zero-order chi connectivity index (χ0) is 25.8. The molecular weight excluding hydrogens is 620 g/mol. The summed E-state index contributed by atoms with van der Waals surface area (Å²) in [5.41, 5.74) is 1.63. The maximum atomic E-state index is 13.4. The fourth-order valence-corrected chi connectivity index (χ4v) is 6.07. The van der Waals surface area contributed by atoms with Gasteiger partial charge in [0.15, 0.2) is 5.75 Å². The van der Waals surface area contributed by atoms with Gasteiger partial charge in [-0.1, -0.05) is 29.3 Å². The molecule has 2 N–H and O–H groups in total. The van der Waals surface area contributed by atoms with Crippen molar-refractivity contribution >= 4 is 72.5 Å². The van der Waals surface area contributed by atoms with Crippen molar-refractivity contribution in [3.8, 4) is 11.5 Å². The molecule has 0 saturated carbocycles.